The van der Waals surface area contributed by atoms with Gasteiger partial charge >= 0.3 is 0 Å². The highest BCUT2D eigenvalue weighted by Gasteiger charge is 2.15. The third kappa shape index (κ3) is 7.08. The van der Waals surface area contributed by atoms with Crippen molar-refractivity contribution >= 4 is 11.8 Å². The number of nitrogens with one attached hydrogen (secondary N) is 1. The SMILES string of the molecule is CCCC[C@H](N)C(=O)NC(=O)CC(C)C. The number of carbonyl (C=O) groups excluding carboxylic acids is 2. The lowest BCUT2D eigenvalue weighted by Crippen LogP contribution is -2.43. The quantitative estimate of drug-likeness (QED) is 0.697. The zero-order valence-electron chi connectivity index (χ0n) is 9.88. The number of carbonyl (C=O) groups is 2. The summed E-state index contributed by atoms with van der Waals surface area (Å²) in [5.74, 6) is -0.333. The van der Waals surface area contributed by atoms with Crippen molar-refractivity contribution in [3.05, 3.63) is 0 Å². The topological polar surface area (TPSA) is 72.2 Å². The van der Waals surface area contributed by atoms with E-state index < -0.39 is 6.04 Å². The van der Waals surface area contributed by atoms with Gasteiger partial charge in [-0.05, 0) is 12.3 Å². The predicted octanol–water partition coefficient (Wildman–Crippen LogP) is 1.19. The molecule has 0 fully saturated rings. The van der Waals surface area contributed by atoms with Crippen LogP contribution in [-0.4, -0.2) is 17.9 Å². The van der Waals surface area contributed by atoms with Crippen molar-refractivity contribution < 1.29 is 9.59 Å². The van der Waals surface area contributed by atoms with Crippen LogP contribution in [0.15, 0.2) is 0 Å². The summed E-state index contributed by atoms with van der Waals surface area (Å²) >= 11 is 0. The maximum absolute atomic E-state index is 11.4. The van der Waals surface area contributed by atoms with Crippen LogP contribution in [0.4, 0.5) is 0 Å². The second kappa shape index (κ2) is 7.40. The predicted molar refractivity (Wildman–Crippen MR) is 60.1 cm³/mol. The molecule has 4 heteroatoms. The largest absolute Gasteiger partial charge is 0.320 e. The molecule has 1 atom stereocenters. The molecule has 0 saturated carbocycles. The van der Waals surface area contributed by atoms with Gasteiger partial charge in [0.05, 0.1) is 6.04 Å². The summed E-state index contributed by atoms with van der Waals surface area (Å²) in [5, 5.41) is 2.32. The molecule has 0 saturated heterocycles. The van der Waals surface area contributed by atoms with Crippen molar-refractivity contribution in [2.75, 3.05) is 0 Å². The van der Waals surface area contributed by atoms with E-state index in [-0.39, 0.29) is 17.7 Å². The van der Waals surface area contributed by atoms with Crippen molar-refractivity contribution in [3.63, 3.8) is 0 Å². The number of hydrogen-bond donors (Lipinski definition) is 2. The lowest BCUT2D eigenvalue weighted by atomic mass is 10.1. The number of imide groups is 1. The molecule has 3 N–H and O–H groups in total. The molecule has 0 aromatic carbocycles. The van der Waals surface area contributed by atoms with Gasteiger partial charge in [-0.1, -0.05) is 33.6 Å². The third-order valence-corrected chi connectivity index (χ3v) is 2.06. The zero-order valence-corrected chi connectivity index (χ0v) is 9.88. The van der Waals surface area contributed by atoms with E-state index in [0.29, 0.717) is 12.8 Å². The maximum Gasteiger partial charge on any atom is 0.243 e. The van der Waals surface area contributed by atoms with Crippen LogP contribution in [0.25, 0.3) is 0 Å². The van der Waals surface area contributed by atoms with Crippen LogP contribution in [0.1, 0.15) is 46.5 Å². The summed E-state index contributed by atoms with van der Waals surface area (Å²) in [6.45, 7) is 5.90. The molecule has 0 unspecified atom stereocenters. The van der Waals surface area contributed by atoms with Gasteiger partial charge in [-0.2, -0.15) is 0 Å². The number of hydrogen-bond acceptors (Lipinski definition) is 3. The molecule has 0 heterocycles. The Morgan fingerprint density at radius 1 is 1.33 bits per heavy atom. The van der Waals surface area contributed by atoms with Crippen molar-refractivity contribution in [2.24, 2.45) is 11.7 Å². The Bertz CT molecular complexity index is 215. The average molecular weight is 214 g/mol. The molecule has 15 heavy (non-hydrogen) atoms. The molecule has 0 bridgehead atoms. The Labute approximate surface area is 91.6 Å². The van der Waals surface area contributed by atoms with E-state index in [1.807, 2.05) is 20.8 Å². The normalized spacial score (nSPS) is 12.6. The molecular weight excluding hydrogens is 192 g/mol. The van der Waals surface area contributed by atoms with Gasteiger partial charge in [0.1, 0.15) is 0 Å². The van der Waals surface area contributed by atoms with Crippen molar-refractivity contribution in [3.8, 4) is 0 Å². The van der Waals surface area contributed by atoms with Gasteiger partial charge in [0, 0.05) is 6.42 Å². The first-order valence-electron chi connectivity index (χ1n) is 5.56. The summed E-state index contributed by atoms with van der Waals surface area (Å²) < 4.78 is 0. The zero-order chi connectivity index (χ0) is 11.8. The summed E-state index contributed by atoms with van der Waals surface area (Å²) in [6, 6.07) is -0.555. The smallest absolute Gasteiger partial charge is 0.243 e. The number of rotatable bonds is 6. The van der Waals surface area contributed by atoms with Gasteiger partial charge < -0.3 is 5.73 Å². The molecule has 0 spiro atoms. The van der Waals surface area contributed by atoms with Crippen LogP contribution < -0.4 is 11.1 Å². The summed E-state index contributed by atoms with van der Waals surface area (Å²) in [4.78, 5) is 22.6. The van der Waals surface area contributed by atoms with E-state index in [0.717, 1.165) is 12.8 Å². The van der Waals surface area contributed by atoms with Gasteiger partial charge in [0.15, 0.2) is 0 Å². The van der Waals surface area contributed by atoms with Gasteiger partial charge in [-0.15, -0.1) is 0 Å². The van der Waals surface area contributed by atoms with Crippen molar-refractivity contribution in [2.45, 2.75) is 52.5 Å². The lowest BCUT2D eigenvalue weighted by molar-refractivity contribution is -0.131. The van der Waals surface area contributed by atoms with E-state index in [4.69, 9.17) is 5.73 Å². The first kappa shape index (κ1) is 14.1. The third-order valence-electron chi connectivity index (χ3n) is 2.06. The number of nitrogens with two attached hydrogens (primary N) is 1. The molecule has 4 nitrogen and oxygen atoms in total. The van der Waals surface area contributed by atoms with E-state index >= 15 is 0 Å². The molecule has 0 rings (SSSR count). The lowest BCUT2D eigenvalue weighted by Gasteiger charge is -2.11. The summed E-state index contributed by atoms with van der Waals surface area (Å²) in [6.07, 6.45) is 2.91. The molecule has 0 aromatic heterocycles. The number of unbranched alkanes of at least 4 members (excludes halogenated alkanes) is 1. The van der Waals surface area contributed by atoms with E-state index in [9.17, 15) is 9.59 Å². The Kier molecular flexibility index (Phi) is 6.96. The Morgan fingerprint density at radius 3 is 2.40 bits per heavy atom. The molecule has 0 radical (unpaired) electrons. The van der Waals surface area contributed by atoms with Crippen LogP contribution in [-0.2, 0) is 9.59 Å². The first-order valence-corrected chi connectivity index (χ1v) is 5.56. The van der Waals surface area contributed by atoms with E-state index in [1.165, 1.54) is 0 Å². The Balaban J connectivity index is 3.85. The molecule has 0 aliphatic carbocycles. The Morgan fingerprint density at radius 2 is 1.93 bits per heavy atom. The minimum atomic E-state index is -0.555. The van der Waals surface area contributed by atoms with Crippen LogP contribution in [0.5, 0.6) is 0 Å². The fourth-order valence-corrected chi connectivity index (χ4v) is 1.21. The minimum Gasteiger partial charge on any atom is -0.320 e. The van der Waals surface area contributed by atoms with Crippen LogP contribution >= 0.6 is 0 Å². The molecule has 88 valence electrons. The van der Waals surface area contributed by atoms with Crippen LogP contribution in [0, 0.1) is 5.92 Å². The second-order valence-electron chi connectivity index (χ2n) is 4.26. The first-order chi connectivity index (χ1) is 6.97. The monoisotopic (exact) mass is 214 g/mol. The highest BCUT2D eigenvalue weighted by molar-refractivity contribution is 5.97. The van der Waals surface area contributed by atoms with Gasteiger partial charge in [0.2, 0.25) is 11.8 Å². The van der Waals surface area contributed by atoms with Crippen molar-refractivity contribution in [1.29, 1.82) is 0 Å². The highest BCUT2D eigenvalue weighted by atomic mass is 16.2. The summed E-state index contributed by atoms with van der Waals surface area (Å²) in [7, 11) is 0. The Hall–Kier alpha value is -0.900. The van der Waals surface area contributed by atoms with E-state index in [1.54, 1.807) is 0 Å². The standard InChI is InChI=1S/C11H22N2O2/c1-4-5-6-9(12)11(15)13-10(14)7-8(2)3/h8-9H,4-7,12H2,1-3H3,(H,13,14,15)/t9-/m0/s1. The number of amides is 2. The molecule has 0 aliphatic rings. The highest BCUT2D eigenvalue weighted by Crippen LogP contribution is 2.00. The fraction of sp³-hybridized carbons (Fsp3) is 0.818. The van der Waals surface area contributed by atoms with Gasteiger partial charge in [-0.25, -0.2) is 0 Å². The van der Waals surface area contributed by atoms with E-state index in [2.05, 4.69) is 5.32 Å². The average Bonchev–Trinajstić information content (AvgIpc) is 2.12. The second-order valence-corrected chi connectivity index (χ2v) is 4.26. The molecule has 2 amide bonds. The van der Waals surface area contributed by atoms with Crippen molar-refractivity contribution in [1.82, 2.24) is 5.32 Å². The molecular formula is C11H22N2O2. The maximum atomic E-state index is 11.4. The minimum absolute atomic E-state index is 0.234. The molecule has 0 aromatic rings. The molecule has 0 aliphatic heterocycles. The van der Waals surface area contributed by atoms with Crippen LogP contribution in [0.3, 0.4) is 0 Å². The fourth-order valence-electron chi connectivity index (χ4n) is 1.21. The van der Waals surface area contributed by atoms with Gasteiger partial charge in [0.25, 0.3) is 0 Å². The van der Waals surface area contributed by atoms with Crippen LogP contribution in [0.2, 0.25) is 0 Å². The van der Waals surface area contributed by atoms with Gasteiger partial charge in [-0.3, -0.25) is 14.9 Å². The summed E-state index contributed by atoms with van der Waals surface area (Å²) in [5.41, 5.74) is 5.62.